The number of aryl methyl sites for hydroxylation is 2. The molecule has 22 heavy (non-hydrogen) atoms. The number of amides is 1. The first-order chi connectivity index (χ1) is 10.6. The Balaban J connectivity index is 1.96. The third-order valence-electron chi connectivity index (χ3n) is 4.06. The molecule has 124 valence electrons. The zero-order chi connectivity index (χ0) is 16.1. The van der Waals surface area contributed by atoms with E-state index in [1.807, 2.05) is 13.8 Å². The number of rotatable bonds is 6. The molecule has 0 spiro atoms. The lowest BCUT2D eigenvalue weighted by atomic mass is 9.96. The molecule has 3 atom stereocenters. The van der Waals surface area contributed by atoms with Crippen molar-refractivity contribution in [1.29, 1.82) is 0 Å². The van der Waals surface area contributed by atoms with Gasteiger partial charge in [-0.2, -0.15) is 5.10 Å². The van der Waals surface area contributed by atoms with Gasteiger partial charge in [0, 0.05) is 39.4 Å². The predicted molar refractivity (Wildman–Crippen MR) is 80.9 cm³/mol. The lowest BCUT2D eigenvalue weighted by molar-refractivity contribution is -0.145. The first-order valence-electron chi connectivity index (χ1n) is 7.56. The number of hydrogen-bond acceptors (Lipinski definition) is 5. The molecule has 7 nitrogen and oxygen atoms in total. The Morgan fingerprint density at radius 3 is 2.82 bits per heavy atom. The number of nitrogens with zero attached hydrogens (tertiary/aromatic N) is 2. The highest BCUT2D eigenvalue weighted by atomic mass is 16.6. The second kappa shape index (κ2) is 7.71. The summed E-state index contributed by atoms with van der Waals surface area (Å²) in [6, 6.07) is 0. The van der Waals surface area contributed by atoms with Crippen LogP contribution in [0.25, 0.3) is 0 Å². The van der Waals surface area contributed by atoms with Crippen molar-refractivity contribution in [3.63, 3.8) is 0 Å². The number of hydrogen-bond donors (Lipinski definition) is 1. The molecule has 2 rings (SSSR count). The van der Waals surface area contributed by atoms with Crippen LogP contribution in [0.4, 0.5) is 0 Å². The summed E-state index contributed by atoms with van der Waals surface area (Å²) in [7, 11) is 3.30. The molecule has 0 bridgehead atoms. The average molecular weight is 311 g/mol. The SMILES string of the molecule is CCn1cc(C(=O)NC[C@@H]2COC[C@@H](OC)[C@H]2OC)c(C)n1. The van der Waals surface area contributed by atoms with Crippen molar-refractivity contribution in [2.24, 2.45) is 5.92 Å². The lowest BCUT2D eigenvalue weighted by Gasteiger charge is -2.36. The predicted octanol–water partition coefficient (Wildman–Crippen LogP) is 0.618. The van der Waals surface area contributed by atoms with Crippen molar-refractivity contribution in [3.8, 4) is 0 Å². The summed E-state index contributed by atoms with van der Waals surface area (Å²) in [6.45, 7) is 6.11. The van der Waals surface area contributed by atoms with E-state index in [-0.39, 0.29) is 24.0 Å². The van der Waals surface area contributed by atoms with Crippen LogP contribution in [-0.4, -0.2) is 61.9 Å². The van der Waals surface area contributed by atoms with Gasteiger partial charge < -0.3 is 19.5 Å². The Kier molecular flexibility index (Phi) is 5.93. The Hall–Kier alpha value is -1.44. The summed E-state index contributed by atoms with van der Waals surface area (Å²) in [4.78, 5) is 12.3. The summed E-state index contributed by atoms with van der Waals surface area (Å²) < 4.78 is 18.2. The molecule has 1 aromatic heterocycles. The van der Waals surface area contributed by atoms with Gasteiger partial charge in [0.25, 0.3) is 5.91 Å². The molecule has 1 amide bonds. The van der Waals surface area contributed by atoms with Gasteiger partial charge in [0.2, 0.25) is 0 Å². The molecule has 0 aliphatic carbocycles. The van der Waals surface area contributed by atoms with Gasteiger partial charge in [0.15, 0.2) is 0 Å². The van der Waals surface area contributed by atoms with E-state index in [0.717, 1.165) is 12.2 Å². The maximum atomic E-state index is 12.3. The molecule has 7 heteroatoms. The molecular formula is C15H25N3O4. The highest BCUT2D eigenvalue weighted by molar-refractivity contribution is 5.94. The van der Waals surface area contributed by atoms with E-state index < -0.39 is 0 Å². The van der Waals surface area contributed by atoms with Crippen LogP contribution in [0.3, 0.4) is 0 Å². The van der Waals surface area contributed by atoms with Crippen LogP contribution in [0, 0.1) is 12.8 Å². The molecule has 1 N–H and O–H groups in total. The largest absolute Gasteiger partial charge is 0.378 e. The van der Waals surface area contributed by atoms with Gasteiger partial charge >= 0.3 is 0 Å². The maximum Gasteiger partial charge on any atom is 0.254 e. The topological polar surface area (TPSA) is 74.6 Å². The highest BCUT2D eigenvalue weighted by Crippen LogP contribution is 2.20. The number of carbonyl (C=O) groups is 1. The van der Waals surface area contributed by atoms with E-state index in [1.165, 1.54) is 0 Å². The number of carbonyl (C=O) groups excluding carboxylic acids is 1. The monoisotopic (exact) mass is 311 g/mol. The first-order valence-corrected chi connectivity index (χ1v) is 7.56. The van der Waals surface area contributed by atoms with Crippen molar-refractivity contribution in [3.05, 3.63) is 17.5 Å². The smallest absolute Gasteiger partial charge is 0.254 e. The minimum Gasteiger partial charge on any atom is -0.378 e. The van der Waals surface area contributed by atoms with E-state index in [9.17, 15) is 4.79 Å². The van der Waals surface area contributed by atoms with Crippen LogP contribution in [-0.2, 0) is 20.8 Å². The third-order valence-corrected chi connectivity index (χ3v) is 4.06. The van der Waals surface area contributed by atoms with Crippen LogP contribution in [0.15, 0.2) is 6.20 Å². The normalized spacial score (nSPS) is 25.2. The Morgan fingerprint density at radius 2 is 2.23 bits per heavy atom. The molecular weight excluding hydrogens is 286 g/mol. The standard InChI is InChI=1S/C15H25N3O4/c1-5-18-7-12(10(2)17-18)15(19)16-6-11-8-22-9-13(20-3)14(11)21-4/h7,11,13-14H,5-6,8-9H2,1-4H3,(H,16,19)/t11-,13-,14+/m1/s1. The van der Waals surface area contributed by atoms with E-state index >= 15 is 0 Å². The van der Waals surface area contributed by atoms with Gasteiger partial charge in [-0.3, -0.25) is 9.48 Å². The Labute approximate surface area is 130 Å². The summed E-state index contributed by atoms with van der Waals surface area (Å²) in [5, 5.41) is 7.24. The lowest BCUT2D eigenvalue weighted by Crippen LogP contribution is -2.50. The van der Waals surface area contributed by atoms with Crippen LogP contribution in [0.1, 0.15) is 23.0 Å². The van der Waals surface area contributed by atoms with Gasteiger partial charge in [0.05, 0.1) is 30.6 Å². The number of aromatic nitrogens is 2. The van der Waals surface area contributed by atoms with Crippen LogP contribution in [0.2, 0.25) is 0 Å². The summed E-state index contributed by atoms with van der Waals surface area (Å²) >= 11 is 0. The van der Waals surface area contributed by atoms with Crippen molar-refractivity contribution in [2.75, 3.05) is 34.0 Å². The molecule has 1 aliphatic heterocycles. The number of methoxy groups -OCH3 is 2. The average Bonchev–Trinajstić information content (AvgIpc) is 2.93. The molecule has 2 heterocycles. The molecule has 0 aromatic carbocycles. The fraction of sp³-hybridized carbons (Fsp3) is 0.733. The van der Waals surface area contributed by atoms with E-state index in [4.69, 9.17) is 14.2 Å². The van der Waals surface area contributed by atoms with Gasteiger partial charge in [-0.25, -0.2) is 0 Å². The third kappa shape index (κ3) is 3.66. The molecule has 1 fully saturated rings. The van der Waals surface area contributed by atoms with Gasteiger partial charge in [0.1, 0.15) is 6.10 Å². The van der Waals surface area contributed by atoms with Crippen molar-refractivity contribution >= 4 is 5.91 Å². The number of nitrogens with one attached hydrogen (secondary N) is 1. The fourth-order valence-electron chi connectivity index (χ4n) is 2.77. The van der Waals surface area contributed by atoms with Gasteiger partial charge in [-0.1, -0.05) is 0 Å². The second-order valence-electron chi connectivity index (χ2n) is 5.47. The Bertz CT molecular complexity index is 503. The minimum absolute atomic E-state index is 0.0641. The van der Waals surface area contributed by atoms with Gasteiger partial charge in [-0.15, -0.1) is 0 Å². The van der Waals surface area contributed by atoms with Crippen LogP contribution in [0.5, 0.6) is 0 Å². The molecule has 1 aromatic rings. The maximum absolute atomic E-state index is 12.3. The first kappa shape index (κ1) is 16.9. The van der Waals surface area contributed by atoms with E-state index in [0.29, 0.717) is 25.3 Å². The molecule has 0 radical (unpaired) electrons. The molecule has 0 saturated carbocycles. The molecule has 1 aliphatic rings. The quantitative estimate of drug-likeness (QED) is 0.833. The fourth-order valence-corrected chi connectivity index (χ4v) is 2.77. The minimum atomic E-state index is -0.119. The molecule has 0 unspecified atom stereocenters. The van der Waals surface area contributed by atoms with Crippen LogP contribution >= 0.6 is 0 Å². The Morgan fingerprint density at radius 1 is 1.45 bits per heavy atom. The van der Waals surface area contributed by atoms with Crippen LogP contribution < -0.4 is 5.32 Å². The number of ether oxygens (including phenoxy) is 3. The van der Waals surface area contributed by atoms with Crippen molar-refractivity contribution in [2.45, 2.75) is 32.6 Å². The highest BCUT2D eigenvalue weighted by Gasteiger charge is 2.34. The van der Waals surface area contributed by atoms with Crippen molar-refractivity contribution < 1.29 is 19.0 Å². The molecule has 1 saturated heterocycles. The zero-order valence-corrected chi connectivity index (χ0v) is 13.7. The zero-order valence-electron chi connectivity index (χ0n) is 13.7. The summed E-state index contributed by atoms with van der Waals surface area (Å²) in [6.07, 6.45) is 1.58. The van der Waals surface area contributed by atoms with E-state index in [2.05, 4.69) is 10.4 Å². The summed E-state index contributed by atoms with van der Waals surface area (Å²) in [5.74, 6) is -0.0548. The summed E-state index contributed by atoms with van der Waals surface area (Å²) in [5.41, 5.74) is 1.34. The second-order valence-corrected chi connectivity index (χ2v) is 5.47. The van der Waals surface area contributed by atoms with E-state index in [1.54, 1.807) is 25.1 Å². The van der Waals surface area contributed by atoms with Gasteiger partial charge in [-0.05, 0) is 13.8 Å². The van der Waals surface area contributed by atoms with Crippen molar-refractivity contribution in [1.82, 2.24) is 15.1 Å².